The third kappa shape index (κ3) is 6.02. The van der Waals surface area contributed by atoms with Crippen LogP contribution in [-0.4, -0.2) is 35.7 Å². The molecule has 5 aliphatic rings. The van der Waals surface area contributed by atoms with E-state index in [2.05, 4.69) is 48.1 Å². The molecule has 0 heterocycles. The number of hydrogen-bond acceptors (Lipinski definition) is 5. The third-order valence-electron chi connectivity index (χ3n) is 15.8. The molecule has 5 aliphatic carbocycles. The van der Waals surface area contributed by atoms with Crippen molar-refractivity contribution in [1.29, 1.82) is 0 Å². The Morgan fingerprint density at radius 3 is 2.17 bits per heavy atom. The second-order valence-corrected chi connectivity index (χ2v) is 19.1. The second-order valence-electron chi connectivity index (χ2n) is 19.1. The van der Waals surface area contributed by atoms with Gasteiger partial charge in [-0.2, -0.15) is 0 Å². The molecule has 47 heavy (non-hydrogen) atoms. The second kappa shape index (κ2) is 12.5. The molecule has 0 spiro atoms. The molecule has 5 fully saturated rings. The monoisotopic (exact) mass is 654 g/mol. The average molecular weight is 655 g/mol. The van der Waals surface area contributed by atoms with E-state index >= 15 is 0 Å². The summed E-state index contributed by atoms with van der Waals surface area (Å²) < 4.78 is 11.7. The number of hydrogen-bond donors (Lipinski definition) is 1. The topological polar surface area (TPSA) is 89.9 Å². The number of carboxylic acids is 1. The maximum atomic E-state index is 13.2. The Hall–Kier alpha value is -1.85. The number of carbonyl (C=O) groups is 3. The standard InChI is InChI=1S/C41H66O6/c1-11-46-33(44)17-21-41-20-14-27(26(2)3)35(41)28-12-13-30-38(8)18-16-31(47-34(45)25-36(4,5)24-32(42)43)37(6,7)29(38)15-19-40(30,10)39(28,9)22-23-41/h27-31,35H,2,11-25H2,1,3-10H3,(H,42,43)/t27-,28+,29-,30+,31-,35+,38-,39+,40+,41-/m0/s1. The fourth-order valence-electron chi connectivity index (χ4n) is 13.5. The summed E-state index contributed by atoms with van der Waals surface area (Å²) in [6, 6.07) is 0. The van der Waals surface area contributed by atoms with Gasteiger partial charge in [0.05, 0.1) is 19.4 Å². The predicted molar refractivity (Wildman–Crippen MR) is 185 cm³/mol. The molecule has 0 radical (unpaired) electrons. The summed E-state index contributed by atoms with van der Waals surface area (Å²) >= 11 is 0. The Morgan fingerprint density at radius 1 is 0.830 bits per heavy atom. The van der Waals surface area contributed by atoms with Gasteiger partial charge in [0.2, 0.25) is 0 Å². The van der Waals surface area contributed by atoms with Crippen molar-refractivity contribution >= 4 is 17.9 Å². The van der Waals surface area contributed by atoms with Crippen LogP contribution in [0.5, 0.6) is 0 Å². The first-order chi connectivity index (χ1) is 21.8. The highest BCUT2D eigenvalue weighted by atomic mass is 16.5. The Labute approximate surface area is 285 Å². The number of allylic oxidation sites excluding steroid dienone is 1. The zero-order valence-corrected chi connectivity index (χ0v) is 31.3. The van der Waals surface area contributed by atoms with E-state index in [1.54, 1.807) is 0 Å². The Kier molecular flexibility index (Phi) is 9.68. The van der Waals surface area contributed by atoms with Crippen LogP contribution < -0.4 is 0 Å². The van der Waals surface area contributed by atoms with Crippen LogP contribution in [0.4, 0.5) is 0 Å². The van der Waals surface area contributed by atoms with Crippen molar-refractivity contribution < 1.29 is 29.0 Å². The lowest BCUT2D eigenvalue weighted by Gasteiger charge is -2.73. The van der Waals surface area contributed by atoms with Crippen molar-refractivity contribution in [2.24, 2.45) is 62.1 Å². The van der Waals surface area contributed by atoms with E-state index in [0.29, 0.717) is 42.6 Å². The van der Waals surface area contributed by atoms with Gasteiger partial charge in [-0.05, 0) is 141 Å². The molecule has 10 atom stereocenters. The number of carbonyl (C=O) groups excluding carboxylic acids is 2. The molecule has 0 aromatic rings. The molecular formula is C41H66O6. The van der Waals surface area contributed by atoms with Gasteiger partial charge >= 0.3 is 17.9 Å². The van der Waals surface area contributed by atoms with Crippen LogP contribution in [0.25, 0.3) is 0 Å². The Morgan fingerprint density at radius 2 is 1.53 bits per heavy atom. The average Bonchev–Trinajstić information content (AvgIpc) is 3.33. The SMILES string of the molecule is C=C(C)[C@@H]1CC[C@]2(CCC(=O)OCC)CC[C@]3(C)[C@H](CC[C@@H]4[C@@]5(C)CC[C@H](OC(=O)CC(C)(C)CC(=O)O)C(C)(C)[C@@H]5CC[C@]43C)[C@@H]12. The largest absolute Gasteiger partial charge is 0.481 e. The van der Waals surface area contributed by atoms with Gasteiger partial charge in [0, 0.05) is 11.8 Å². The molecule has 0 aliphatic heterocycles. The van der Waals surface area contributed by atoms with Crippen molar-refractivity contribution in [2.45, 2.75) is 158 Å². The minimum absolute atomic E-state index is 0.0393. The van der Waals surface area contributed by atoms with Gasteiger partial charge in [0.25, 0.3) is 0 Å². The van der Waals surface area contributed by atoms with Crippen molar-refractivity contribution in [2.75, 3.05) is 6.61 Å². The first-order valence-corrected chi connectivity index (χ1v) is 19.0. The maximum Gasteiger partial charge on any atom is 0.306 e. The first kappa shape index (κ1) is 36.4. The van der Waals surface area contributed by atoms with Crippen LogP contribution in [0, 0.1) is 62.1 Å². The summed E-state index contributed by atoms with van der Waals surface area (Å²) in [7, 11) is 0. The molecule has 266 valence electrons. The van der Waals surface area contributed by atoms with Gasteiger partial charge in [0.15, 0.2) is 0 Å². The fourth-order valence-corrected chi connectivity index (χ4v) is 13.5. The molecule has 0 aromatic heterocycles. The Bertz CT molecular complexity index is 1250. The molecule has 0 amide bonds. The number of fused-ring (bicyclic) bond motifs is 7. The number of rotatable bonds is 10. The minimum Gasteiger partial charge on any atom is -0.481 e. The summed E-state index contributed by atoms with van der Waals surface area (Å²) in [4.78, 5) is 37.1. The van der Waals surface area contributed by atoms with Crippen LogP contribution in [0.2, 0.25) is 0 Å². The lowest BCUT2D eigenvalue weighted by Crippen LogP contribution is -2.66. The van der Waals surface area contributed by atoms with E-state index in [0.717, 1.165) is 25.7 Å². The first-order valence-electron chi connectivity index (χ1n) is 19.0. The predicted octanol–water partition coefficient (Wildman–Crippen LogP) is 9.79. The molecule has 5 rings (SSSR count). The molecule has 6 heteroatoms. The molecule has 1 N–H and O–H groups in total. The third-order valence-corrected chi connectivity index (χ3v) is 15.8. The van der Waals surface area contributed by atoms with Gasteiger partial charge in [-0.1, -0.05) is 60.6 Å². The smallest absolute Gasteiger partial charge is 0.306 e. The number of aliphatic carboxylic acids is 1. The van der Waals surface area contributed by atoms with Crippen molar-refractivity contribution in [1.82, 2.24) is 0 Å². The van der Waals surface area contributed by atoms with Crippen molar-refractivity contribution in [3.63, 3.8) is 0 Å². The summed E-state index contributed by atoms with van der Waals surface area (Å²) in [5.41, 5.74) is 1.42. The molecule has 0 bridgehead atoms. The van der Waals surface area contributed by atoms with E-state index in [1.165, 1.54) is 50.5 Å². The van der Waals surface area contributed by atoms with Crippen LogP contribution in [0.1, 0.15) is 152 Å². The molecule has 5 saturated carbocycles. The molecular weight excluding hydrogens is 588 g/mol. The molecule has 6 nitrogen and oxygen atoms in total. The number of carboxylic acid groups (broad SMARTS) is 1. The van der Waals surface area contributed by atoms with Crippen LogP contribution in [-0.2, 0) is 23.9 Å². The van der Waals surface area contributed by atoms with Crippen LogP contribution >= 0.6 is 0 Å². The zero-order chi connectivity index (χ0) is 34.8. The van der Waals surface area contributed by atoms with Crippen molar-refractivity contribution in [3.05, 3.63) is 12.2 Å². The van der Waals surface area contributed by atoms with Gasteiger partial charge in [-0.15, -0.1) is 0 Å². The highest BCUT2D eigenvalue weighted by Gasteiger charge is 2.71. The van der Waals surface area contributed by atoms with Gasteiger partial charge in [-0.25, -0.2) is 0 Å². The van der Waals surface area contributed by atoms with E-state index in [1.807, 2.05) is 20.8 Å². The normalized spacial score (nSPS) is 42.2. The van der Waals surface area contributed by atoms with E-state index in [-0.39, 0.29) is 58.0 Å². The van der Waals surface area contributed by atoms with Gasteiger partial charge < -0.3 is 14.6 Å². The van der Waals surface area contributed by atoms with Gasteiger partial charge in [0.1, 0.15) is 6.10 Å². The minimum atomic E-state index is -0.881. The number of esters is 2. The lowest BCUT2D eigenvalue weighted by molar-refractivity contribution is -0.250. The lowest BCUT2D eigenvalue weighted by atomic mass is 9.32. The number of ether oxygens (including phenoxy) is 2. The summed E-state index contributed by atoms with van der Waals surface area (Å²) in [5.74, 6) is 1.68. The van der Waals surface area contributed by atoms with E-state index in [4.69, 9.17) is 9.47 Å². The highest BCUT2D eigenvalue weighted by Crippen LogP contribution is 2.78. The maximum absolute atomic E-state index is 13.2. The highest BCUT2D eigenvalue weighted by molar-refractivity contribution is 5.73. The van der Waals surface area contributed by atoms with Crippen LogP contribution in [0.3, 0.4) is 0 Å². The molecule has 0 saturated heterocycles. The molecule has 0 unspecified atom stereocenters. The van der Waals surface area contributed by atoms with E-state index < -0.39 is 11.4 Å². The summed E-state index contributed by atoms with van der Waals surface area (Å²) in [6.07, 6.45) is 13.1. The fraction of sp³-hybridized carbons (Fsp3) is 0.878. The van der Waals surface area contributed by atoms with Crippen molar-refractivity contribution in [3.8, 4) is 0 Å². The van der Waals surface area contributed by atoms with Crippen LogP contribution in [0.15, 0.2) is 12.2 Å². The summed E-state index contributed by atoms with van der Waals surface area (Å²) in [6.45, 7) is 25.4. The quantitative estimate of drug-likeness (QED) is 0.186. The van der Waals surface area contributed by atoms with Gasteiger partial charge in [-0.3, -0.25) is 14.4 Å². The van der Waals surface area contributed by atoms with E-state index in [9.17, 15) is 19.5 Å². The summed E-state index contributed by atoms with van der Waals surface area (Å²) in [5, 5.41) is 9.31. The molecule has 0 aromatic carbocycles. The Balaban J connectivity index is 1.38. The zero-order valence-electron chi connectivity index (χ0n) is 31.3.